The molecule has 0 radical (unpaired) electrons. The summed E-state index contributed by atoms with van der Waals surface area (Å²) in [6, 6.07) is 14.6. The molecule has 5 heteroatoms. The van der Waals surface area contributed by atoms with Crippen molar-refractivity contribution in [1.82, 2.24) is 0 Å². The first-order valence-corrected chi connectivity index (χ1v) is 10.5. The second-order valence-corrected chi connectivity index (χ2v) is 8.38. The summed E-state index contributed by atoms with van der Waals surface area (Å²) in [6.07, 6.45) is 3.87. The number of anilines is 2. The number of carbonyl (C=O) groups excluding carboxylic acids is 3. The van der Waals surface area contributed by atoms with Crippen LogP contribution >= 0.6 is 0 Å². The Morgan fingerprint density at radius 2 is 1.59 bits per heavy atom. The van der Waals surface area contributed by atoms with Gasteiger partial charge < -0.3 is 5.32 Å². The topological polar surface area (TPSA) is 66.5 Å². The Morgan fingerprint density at radius 3 is 2.28 bits per heavy atom. The Balaban J connectivity index is 1.48. The quantitative estimate of drug-likeness (QED) is 0.804. The Kier molecular flexibility index (Phi) is 4.26. The summed E-state index contributed by atoms with van der Waals surface area (Å²) in [6.45, 7) is 2.04. The van der Waals surface area contributed by atoms with Crippen molar-refractivity contribution in [3.8, 4) is 0 Å². The summed E-state index contributed by atoms with van der Waals surface area (Å²) in [7, 11) is 0. The normalized spacial score (nSPS) is 27.4. The maximum Gasteiger partial charge on any atom is 0.257 e. The summed E-state index contributed by atoms with van der Waals surface area (Å²) in [4.78, 5) is 40.8. The number of carbonyl (C=O) groups is 3. The van der Waals surface area contributed by atoms with E-state index in [0.29, 0.717) is 23.1 Å². The third kappa shape index (κ3) is 2.71. The number of para-hydroxylation sites is 2. The van der Waals surface area contributed by atoms with Crippen molar-refractivity contribution in [3.05, 3.63) is 59.7 Å². The molecule has 0 unspecified atom stereocenters. The van der Waals surface area contributed by atoms with Crippen molar-refractivity contribution < 1.29 is 14.4 Å². The molecule has 3 fully saturated rings. The molecule has 1 heterocycles. The van der Waals surface area contributed by atoms with Crippen LogP contribution in [0.1, 0.15) is 42.1 Å². The van der Waals surface area contributed by atoms with Gasteiger partial charge in [0, 0.05) is 5.69 Å². The first kappa shape index (κ1) is 18.1. The van der Waals surface area contributed by atoms with Gasteiger partial charge in [0.15, 0.2) is 0 Å². The van der Waals surface area contributed by atoms with Crippen LogP contribution in [0.2, 0.25) is 0 Å². The van der Waals surface area contributed by atoms with Crippen LogP contribution in [-0.2, 0) is 16.0 Å². The SMILES string of the molecule is CCc1ccccc1NC(=O)c1ccccc1N1C(=O)[C@H]2[C@@H]3CC[C@@H](C3)[C@@H]2C1=O. The van der Waals surface area contributed by atoms with Crippen LogP contribution in [0.5, 0.6) is 0 Å². The molecular formula is C24H24N2O3. The van der Waals surface area contributed by atoms with Crippen molar-refractivity contribution in [1.29, 1.82) is 0 Å². The fourth-order valence-electron chi connectivity index (χ4n) is 5.65. The Bertz CT molecular complexity index is 987. The number of nitrogens with zero attached hydrogens (tertiary/aromatic N) is 1. The van der Waals surface area contributed by atoms with E-state index in [1.54, 1.807) is 24.3 Å². The molecule has 2 aromatic rings. The van der Waals surface area contributed by atoms with Crippen LogP contribution in [0, 0.1) is 23.7 Å². The molecule has 29 heavy (non-hydrogen) atoms. The lowest BCUT2D eigenvalue weighted by molar-refractivity contribution is -0.123. The lowest BCUT2D eigenvalue weighted by Gasteiger charge is -2.20. The molecule has 2 aliphatic carbocycles. The third-order valence-electron chi connectivity index (χ3n) is 6.96. The molecule has 4 atom stereocenters. The van der Waals surface area contributed by atoms with E-state index in [2.05, 4.69) is 5.32 Å². The number of amides is 3. The van der Waals surface area contributed by atoms with E-state index in [-0.39, 0.29) is 29.6 Å². The average Bonchev–Trinajstić information content (AvgIpc) is 3.42. The van der Waals surface area contributed by atoms with E-state index >= 15 is 0 Å². The smallest absolute Gasteiger partial charge is 0.257 e. The molecule has 3 amide bonds. The highest BCUT2D eigenvalue weighted by molar-refractivity contribution is 6.25. The molecule has 1 aliphatic heterocycles. The molecule has 2 bridgehead atoms. The Hall–Kier alpha value is -2.95. The number of imide groups is 1. The third-order valence-corrected chi connectivity index (χ3v) is 6.96. The number of fused-ring (bicyclic) bond motifs is 5. The van der Waals surface area contributed by atoms with Crippen LogP contribution < -0.4 is 10.2 Å². The monoisotopic (exact) mass is 388 g/mol. The molecule has 3 aliphatic rings. The highest BCUT2D eigenvalue weighted by atomic mass is 16.2. The summed E-state index contributed by atoms with van der Waals surface area (Å²) in [5.41, 5.74) is 2.55. The molecular weight excluding hydrogens is 364 g/mol. The predicted octanol–water partition coefficient (Wildman–Crippen LogP) is 4.04. The fourth-order valence-corrected chi connectivity index (χ4v) is 5.65. The van der Waals surface area contributed by atoms with Crippen LogP contribution in [-0.4, -0.2) is 17.7 Å². The fraction of sp³-hybridized carbons (Fsp3) is 0.375. The highest BCUT2D eigenvalue weighted by Gasteiger charge is 2.61. The van der Waals surface area contributed by atoms with E-state index in [4.69, 9.17) is 0 Å². The standard InChI is InChI=1S/C24H24N2O3/c1-2-14-7-3-5-9-18(14)25-22(27)17-8-4-6-10-19(17)26-23(28)20-15-11-12-16(13-15)21(20)24(26)29/h3-10,15-16,20-21H,2,11-13H2,1H3,(H,25,27)/t15-,16+,20-,21-/m0/s1. The van der Waals surface area contributed by atoms with Gasteiger partial charge in [0.2, 0.25) is 11.8 Å². The van der Waals surface area contributed by atoms with Gasteiger partial charge in [-0.15, -0.1) is 0 Å². The van der Waals surface area contributed by atoms with Gasteiger partial charge in [-0.25, -0.2) is 4.90 Å². The predicted molar refractivity (Wildman–Crippen MR) is 111 cm³/mol. The summed E-state index contributed by atoms with van der Waals surface area (Å²) in [5.74, 6) is -0.297. The zero-order chi connectivity index (χ0) is 20.1. The first-order chi connectivity index (χ1) is 14.1. The second kappa shape index (κ2) is 6.83. The van der Waals surface area contributed by atoms with Crippen molar-refractivity contribution in [2.45, 2.75) is 32.6 Å². The Morgan fingerprint density at radius 1 is 0.966 bits per heavy atom. The lowest BCUT2D eigenvalue weighted by atomic mass is 9.81. The van der Waals surface area contributed by atoms with Crippen LogP contribution in [0.25, 0.3) is 0 Å². The van der Waals surface area contributed by atoms with Crippen molar-refractivity contribution in [3.63, 3.8) is 0 Å². The molecule has 1 saturated heterocycles. The largest absolute Gasteiger partial charge is 0.322 e. The van der Waals surface area contributed by atoms with Gasteiger partial charge in [0.25, 0.3) is 5.91 Å². The van der Waals surface area contributed by atoms with Crippen molar-refractivity contribution in [2.75, 3.05) is 10.2 Å². The minimum Gasteiger partial charge on any atom is -0.322 e. The number of aryl methyl sites for hydroxylation is 1. The molecule has 2 aromatic carbocycles. The molecule has 0 aromatic heterocycles. The number of nitrogens with one attached hydrogen (secondary N) is 1. The molecule has 2 saturated carbocycles. The van der Waals surface area contributed by atoms with Crippen molar-refractivity contribution >= 4 is 29.1 Å². The lowest BCUT2D eigenvalue weighted by Crippen LogP contribution is -2.34. The zero-order valence-electron chi connectivity index (χ0n) is 16.4. The van der Waals surface area contributed by atoms with Gasteiger partial charge in [-0.1, -0.05) is 37.3 Å². The number of hydrogen-bond acceptors (Lipinski definition) is 3. The Labute approximate surface area is 170 Å². The van der Waals surface area contributed by atoms with E-state index in [1.165, 1.54) is 4.90 Å². The molecule has 5 nitrogen and oxygen atoms in total. The average molecular weight is 388 g/mol. The summed E-state index contributed by atoms with van der Waals surface area (Å²) in [5, 5.41) is 2.96. The van der Waals surface area contributed by atoms with Crippen LogP contribution in [0.15, 0.2) is 48.5 Å². The molecule has 5 rings (SSSR count). The van der Waals surface area contributed by atoms with E-state index < -0.39 is 0 Å². The number of benzene rings is 2. The second-order valence-electron chi connectivity index (χ2n) is 8.38. The van der Waals surface area contributed by atoms with Crippen LogP contribution in [0.3, 0.4) is 0 Å². The van der Waals surface area contributed by atoms with Gasteiger partial charge >= 0.3 is 0 Å². The van der Waals surface area contributed by atoms with E-state index in [9.17, 15) is 14.4 Å². The number of rotatable bonds is 4. The molecule has 1 N–H and O–H groups in total. The molecule has 148 valence electrons. The van der Waals surface area contributed by atoms with Crippen LogP contribution in [0.4, 0.5) is 11.4 Å². The van der Waals surface area contributed by atoms with Gasteiger partial charge in [-0.05, 0) is 61.3 Å². The number of hydrogen-bond donors (Lipinski definition) is 1. The maximum absolute atomic E-state index is 13.2. The summed E-state index contributed by atoms with van der Waals surface area (Å²) < 4.78 is 0. The molecule has 0 spiro atoms. The van der Waals surface area contributed by atoms with E-state index in [0.717, 1.165) is 36.9 Å². The summed E-state index contributed by atoms with van der Waals surface area (Å²) >= 11 is 0. The van der Waals surface area contributed by atoms with E-state index in [1.807, 2.05) is 31.2 Å². The van der Waals surface area contributed by atoms with Gasteiger partial charge in [0.05, 0.1) is 23.1 Å². The van der Waals surface area contributed by atoms with Crippen molar-refractivity contribution in [2.24, 2.45) is 23.7 Å². The minimum atomic E-state index is -0.304. The van der Waals surface area contributed by atoms with Gasteiger partial charge in [-0.2, -0.15) is 0 Å². The highest BCUT2D eigenvalue weighted by Crippen LogP contribution is 2.56. The van der Waals surface area contributed by atoms with Gasteiger partial charge in [0.1, 0.15) is 0 Å². The maximum atomic E-state index is 13.2. The first-order valence-electron chi connectivity index (χ1n) is 10.5. The minimum absolute atomic E-state index is 0.124. The zero-order valence-corrected chi connectivity index (χ0v) is 16.4. The van der Waals surface area contributed by atoms with Gasteiger partial charge in [-0.3, -0.25) is 14.4 Å².